The van der Waals surface area contributed by atoms with Crippen molar-refractivity contribution in [3.8, 4) is 0 Å². The molecule has 6 heteroatoms. The molecule has 2 aromatic heterocycles. The first-order valence-electron chi connectivity index (χ1n) is 10.1. The Kier molecular flexibility index (Phi) is 4.78. The molecule has 0 amide bonds. The van der Waals surface area contributed by atoms with E-state index in [9.17, 15) is 5.11 Å². The van der Waals surface area contributed by atoms with Crippen molar-refractivity contribution in [1.82, 2.24) is 19.9 Å². The van der Waals surface area contributed by atoms with Gasteiger partial charge in [0.15, 0.2) is 0 Å². The second-order valence-corrected chi connectivity index (χ2v) is 9.24. The van der Waals surface area contributed by atoms with E-state index >= 15 is 0 Å². The molecule has 1 aromatic carbocycles. The highest BCUT2D eigenvalue weighted by molar-refractivity contribution is 7.09. The van der Waals surface area contributed by atoms with Crippen LogP contribution < -0.4 is 0 Å². The Balaban J connectivity index is 1.43. The van der Waals surface area contributed by atoms with E-state index in [1.807, 2.05) is 4.68 Å². The van der Waals surface area contributed by atoms with Gasteiger partial charge in [0.2, 0.25) is 0 Å². The smallest absolute Gasteiger partial charge is 0.0892 e. The summed E-state index contributed by atoms with van der Waals surface area (Å²) in [5.74, 6) is 0.581. The minimum atomic E-state index is -0.449. The van der Waals surface area contributed by atoms with Crippen LogP contribution in [-0.2, 0) is 6.54 Å². The maximum Gasteiger partial charge on any atom is 0.0892 e. The van der Waals surface area contributed by atoms with Gasteiger partial charge < -0.3 is 5.11 Å². The van der Waals surface area contributed by atoms with Crippen molar-refractivity contribution in [2.45, 2.75) is 56.8 Å². The lowest BCUT2D eigenvalue weighted by molar-refractivity contribution is -0.0131. The Bertz CT molecular complexity index is 916. The van der Waals surface area contributed by atoms with Gasteiger partial charge in [0, 0.05) is 36.1 Å². The number of aliphatic hydroxyl groups is 1. The van der Waals surface area contributed by atoms with Crippen LogP contribution in [0.4, 0.5) is 0 Å². The summed E-state index contributed by atoms with van der Waals surface area (Å²) in [5, 5.41) is 21.8. The highest BCUT2D eigenvalue weighted by Crippen LogP contribution is 2.41. The number of aryl methyl sites for hydroxylation is 1. The van der Waals surface area contributed by atoms with Crippen LogP contribution in [0, 0.1) is 6.92 Å². The third-order valence-corrected chi connectivity index (χ3v) is 6.90. The van der Waals surface area contributed by atoms with Crippen molar-refractivity contribution in [3.05, 3.63) is 69.7 Å². The van der Waals surface area contributed by atoms with E-state index in [0.29, 0.717) is 12.5 Å². The molecule has 0 unspecified atom stereocenters. The first kappa shape index (κ1) is 18.0. The summed E-state index contributed by atoms with van der Waals surface area (Å²) < 4.78 is 1.92. The first-order chi connectivity index (χ1) is 13.7. The van der Waals surface area contributed by atoms with Crippen LogP contribution in [0.1, 0.15) is 59.0 Å². The summed E-state index contributed by atoms with van der Waals surface area (Å²) in [4.78, 5) is 3.75. The largest absolute Gasteiger partial charge is 0.390 e. The number of likely N-dealkylation sites (tertiary alicyclic amines) is 1. The molecule has 5 nitrogen and oxygen atoms in total. The van der Waals surface area contributed by atoms with Crippen LogP contribution in [0.3, 0.4) is 0 Å². The van der Waals surface area contributed by atoms with Gasteiger partial charge >= 0.3 is 0 Å². The lowest BCUT2D eigenvalue weighted by Crippen LogP contribution is -2.46. The molecule has 1 aliphatic carbocycles. The van der Waals surface area contributed by atoms with Gasteiger partial charge in [-0.2, -0.15) is 0 Å². The van der Waals surface area contributed by atoms with Crippen LogP contribution in [0.15, 0.2) is 48.0 Å². The molecule has 0 radical (unpaired) electrons. The molecule has 28 heavy (non-hydrogen) atoms. The zero-order chi connectivity index (χ0) is 19.1. The Hall–Kier alpha value is -2.02. The van der Waals surface area contributed by atoms with Gasteiger partial charge in [-0.15, -0.1) is 16.4 Å². The van der Waals surface area contributed by atoms with Crippen molar-refractivity contribution in [2.75, 3.05) is 6.54 Å². The minimum absolute atomic E-state index is 0.0362. The van der Waals surface area contributed by atoms with Gasteiger partial charge in [-0.25, -0.2) is 4.68 Å². The van der Waals surface area contributed by atoms with E-state index in [0.717, 1.165) is 18.7 Å². The third-order valence-electron chi connectivity index (χ3n) is 6.04. The van der Waals surface area contributed by atoms with E-state index < -0.39 is 6.10 Å². The second-order valence-electron chi connectivity index (χ2n) is 8.20. The molecule has 2 fully saturated rings. The van der Waals surface area contributed by atoms with E-state index in [1.54, 1.807) is 11.3 Å². The number of hydrogen-bond donors (Lipinski definition) is 1. The number of rotatable bonds is 5. The molecule has 2 aliphatic rings. The zero-order valence-corrected chi connectivity index (χ0v) is 16.9. The summed E-state index contributed by atoms with van der Waals surface area (Å²) in [5.41, 5.74) is 3.66. The summed E-state index contributed by atoms with van der Waals surface area (Å²) >= 11 is 1.78. The first-order valence-corrected chi connectivity index (χ1v) is 11.0. The Morgan fingerprint density at radius 3 is 2.71 bits per heavy atom. The topological polar surface area (TPSA) is 54.2 Å². The molecule has 1 aliphatic heterocycles. The molecule has 3 heterocycles. The number of nitrogens with zero attached hydrogens (tertiary/aromatic N) is 4. The summed E-state index contributed by atoms with van der Waals surface area (Å²) in [6.07, 6.45) is 4.88. The second kappa shape index (κ2) is 7.43. The molecule has 1 saturated carbocycles. The molecule has 5 rings (SSSR count). The van der Waals surface area contributed by atoms with Gasteiger partial charge in [-0.05, 0) is 43.2 Å². The standard InChI is InChI=1S/C22H26N4OS/c1-15-4-6-17(7-5-15)20-11-21(26-13-19(23-24-26)16-8-9-16)22(27)14-25(20)12-18-3-2-10-28-18/h2-7,10,13,16,20-22,27H,8-9,11-12,14H2,1H3/t20-,21+,22+/m1/s1. The van der Waals surface area contributed by atoms with Crippen molar-refractivity contribution in [1.29, 1.82) is 0 Å². The summed E-state index contributed by atoms with van der Waals surface area (Å²) in [6, 6.07) is 13.3. The number of piperidine rings is 1. The van der Waals surface area contributed by atoms with E-state index in [-0.39, 0.29) is 12.1 Å². The SMILES string of the molecule is Cc1ccc([C@H]2C[C@H](n3cc(C4CC4)nn3)[C@@H](O)CN2Cc2cccs2)cc1. The summed E-state index contributed by atoms with van der Waals surface area (Å²) in [6.45, 7) is 3.62. The van der Waals surface area contributed by atoms with Crippen LogP contribution in [0.25, 0.3) is 0 Å². The molecule has 3 atom stereocenters. The summed E-state index contributed by atoms with van der Waals surface area (Å²) in [7, 11) is 0. The van der Waals surface area contributed by atoms with Gasteiger partial charge in [-0.3, -0.25) is 4.90 Å². The molecule has 3 aromatic rings. The normalized spacial score (nSPS) is 25.9. The van der Waals surface area contributed by atoms with Crippen LogP contribution in [0.5, 0.6) is 0 Å². The lowest BCUT2D eigenvalue weighted by atomic mass is 9.89. The average molecular weight is 395 g/mol. The fourth-order valence-corrected chi connectivity index (χ4v) is 4.97. The fourth-order valence-electron chi connectivity index (χ4n) is 4.24. The van der Waals surface area contributed by atoms with Gasteiger partial charge in [0.25, 0.3) is 0 Å². The van der Waals surface area contributed by atoms with Crippen molar-refractivity contribution in [2.24, 2.45) is 0 Å². The molecule has 0 spiro atoms. The highest BCUT2D eigenvalue weighted by atomic mass is 32.1. The van der Waals surface area contributed by atoms with Crippen LogP contribution >= 0.6 is 11.3 Å². The Labute approximate surface area is 169 Å². The van der Waals surface area contributed by atoms with Gasteiger partial charge in [-0.1, -0.05) is 41.1 Å². The van der Waals surface area contributed by atoms with E-state index in [1.165, 1.54) is 28.8 Å². The predicted molar refractivity (Wildman–Crippen MR) is 110 cm³/mol. The van der Waals surface area contributed by atoms with Gasteiger partial charge in [0.05, 0.1) is 17.8 Å². The average Bonchev–Trinajstić information content (AvgIpc) is 3.20. The maximum absolute atomic E-state index is 11.0. The Morgan fingerprint density at radius 2 is 2.00 bits per heavy atom. The number of thiophene rings is 1. The Morgan fingerprint density at radius 1 is 1.18 bits per heavy atom. The molecular formula is C22H26N4OS. The van der Waals surface area contributed by atoms with Crippen LogP contribution in [-0.4, -0.2) is 37.6 Å². The molecule has 146 valence electrons. The maximum atomic E-state index is 11.0. The molecule has 0 bridgehead atoms. The molecular weight excluding hydrogens is 368 g/mol. The van der Waals surface area contributed by atoms with Gasteiger partial charge in [0.1, 0.15) is 0 Å². The monoisotopic (exact) mass is 394 g/mol. The fraction of sp³-hybridized carbons (Fsp3) is 0.455. The molecule has 1 N–H and O–H groups in total. The minimum Gasteiger partial charge on any atom is -0.390 e. The number of aromatic nitrogens is 3. The van der Waals surface area contributed by atoms with Crippen molar-refractivity contribution in [3.63, 3.8) is 0 Å². The van der Waals surface area contributed by atoms with E-state index in [2.05, 4.69) is 70.1 Å². The van der Waals surface area contributed by atoms with Crippen molar-refractivity contribution >= 4 is 11.3 Å². The zero-order valence-electron chi connectivity index (χ0n) is 16.1. The lowest BCUT2D eigenvalue weighted by Gasteiger charge is -2.42. The highest BCUT2D eigenvalue weighted by Gasteiger charge is 2.38. The predicted octanol–water partition coefficient (Wildman–Crippen LogP) is 4.07. The number of benzene rings is 1. The number of hydrogen-bond acceptors (Lipinski definition) is 5. The number of aliphatic hydroxyl groups excluding tert-OH is 1. The molecule has 1 saturated heterocycles. The van der Waals surface area contributed by atoms with Crippen LogP contribution in [0.2, 0.25) is 0 Å². The number of β-amino-alcohol motifs (C(OH)–C–C–N with tert-alkyl or cyclic N) is 1. The third kappa shape index (κ3) is 3.64. The van der Waals surface area contributed by atoms with E-state index in [4.69, 9.17) is 0 Å². The van der Waals surface area contributed by atoms with Crippen molar-refractivity contribution < 1.29 is 5.11 Å². The quantitative estimate of drug-likeness (QED) is 0.709.